The fourth-order valence-corrected chi connectivity index (χ4v) is 6.54. The summed E-state index contributed by atoms with van der Waals surface area (Å²) in [5.41, 5.74) is 2.24. The molecule has 0 aliphatic heterocycles. The van der Waals surface area contributed by atoms with Gasteiger partial charge in [-0.05, 0) is 0 Å². The van der Waals surface area contributed by atoms with Crippen LogP contribution in [0, 0.1) is 0 Å². The first-order chi connectivity index (χ1) is 9.47. The molecule has 0 N–H and O–H groups in total. The molecule has 0 atom stereocenters. The molecule has 0 saturated heterocycles. The Bertz CT molecular complexity index is 586. The molecule has 0 aliphatic carbocycles. The van der Waals surface area contributed by atoms with Crippen molar-refractivity contribution in [1.82, 2.24) is 0 Å². The number of methoxy groups -OCH3 is 2. The zero-order valence-corrected chi connectivity index (χ0v) is 15.7. The molecule has 0 amide bonds. The number of hydrogen-bond donors (Lipinski definition) is 0. The van der Waals surface area contributed by atoms with E-state index in [0.717, 1.165) is 22.6 Å². The maximum atomic E-state index is 5.63. The van der Waals surface area contributed by atoms with E-state index < -0.39 is 18.4 Å². The molecule has 0 aromatic heterocycles. The molecule has 0 heterocycles. The molecule has 3 heteroatoms. The van der Waals surface area contributed by atoms with Crippen molar-refractivity contribution in [1.29, 1.82) is 0 Å². The van der Waals surface area contributed by atoms with Gasteiger partial charge in [-0.25, -0.2) is 0 Å². The summed E-state index contributed by atoms with van der Waals surface area (Å²) in [6, 6.07) is 14.6. The van der Waals surface area contributed by atoms with E-state index >= 15 is 0 Å². The van der Waals surface area contributed by atoms with Crippen LogP contribution in [-0.2, 0) is 0 Å². The van der Waals surface area contributed by atoms with Gasteiger partial charge in [0.15, 0.2) is 0 Å². The van der Waals surface area contributed by atoms with E-state index in [1.807, 2.05) is 18.2 Å². The Hall–Kier alpha value is -1.16. The minimum absolute atomic E-state index is 0.929. The number of rotatable bonds is 4. The van der Waals surface area contributed by atoms with Gasteiger partial charge in [-0.2, -0.15) is 0 Å². The summed E-state index contributed by atoms with van der Waals surface area (Å²) >= 11 is -2.23. The van der Waals surface area contributed by atoms with Crippen LogP contribution in [0.2, 0.25) is 14.8 Å². The van der Waals surface area contributed by atoms with Gasteiger partial charge < -0.3 is 0 Å². The zero-order valence-electron chi connectivity index (χ0n) is 12.9. The summed E-state index contributed by atoms with van der Waals surface area (Å²) in [7, 11) is 3.48. The third kappa shape index (κ3) is 3.11. The van der Waals surface area contributed by atoms with Gasteiger partial charge in [0, 0.05) is 0 Å². The second-order valence-electron chi connectivity index (χ2n) is 5.87. The van der Waals surface area contributed by atoms with E-state index in [2.05, 4.69) is 39.1 Å². The summed E-state index contributed by atoms with van der Waals surface area (Å²) in [6.45, 7) is 0. The second kappa shape index (κ2) is 6.08. The molecule has 20 heavy (non-hydrogen) atoms. The Morgan fingerprint density at radius 3 is 1.90 bits per heavy atom. The van der Waals surface area contributed by atoms with Crippen LogP contribution in [0.5, 0.6) is 11.5 Å². The van der Waals surface area contributed by atoms with Gasteiger partial charge in [0.25, 0.3) is 0 Å². The van der Waals surface area contributed by atoms with Gasteiger partial charge in [-0.3, -0.25) is 0 Å². The van der Waals surface area contributed by atoms with Crippen molar-refractivity contribution >= 4 is 22.0 Å². The van der Waals surface area contributed by atoms with E-state index in [9.17, 15) is 0 Å². The molecule has 0 radical (unpaired) electrons. The normalized spacial score (nSPS) is 11.2. The van der Waals surface area contributed by atoms with Crippen LogP contribution >= 0.6 is 0 Å². The molecule has 2 aromatic carbocycles. The average molecular weight is 377 g/mol. The first kappa shape index (κ1) is 15.2. The topological polar surface area (TPSA) is 18.5 Å². The number of ether oxygens (including phenoxy) is 2. The van der Waals surface area contributed by atoms with Crippen LogP contribution in [0.4, 0.5) is 0 Å². The fraction of sp³-hybridized carbons (Fsp3) is 0.294. The Kier molecular flexibility index (Phi) is 4.63. The first-order valence-electron chi connectivity index (χ1n) is 6.79. The van der Waals surface area contributed by atoms with Crippen LogP contribution in [0.1, 0.15) is 0 Å². The van der Waals surface area contributed by atoms with Crippen molar-refractivity contribution in [3.8, 4) is 22.6 Å². The van der Waals surface area contributed by atoms with Crippen LogP contribution in [0.25, 0.3) is 11.1 Å². The van der Waals surface area contributed by atoms with E-state index in [0.29, 0.717) is 0 Å². The number of hydrogen-bond acceptors (Lipinski definition) is 2. The Morgan fingerprint density at radius 1 is 0.800 bits per heavy atom. The quantitative estimate of drug-likeness (QED) is 0.753. The van der Waals surface area contributed by atoms with Gasteiger partial charge >= 0.3 is 126 Å². The van der Waals surface area contributed by atoms with Gasteiger partial charge in [-0.15, -0.1) is 0 Å². The van der Waals surface area contributed by atoms with E-state index in [1.165, 1.54) is 3.58 Å². The molecule has 0 spiro atoms. The van der Waals surface area contributed by atoms with Crippen molar-refractivity contribution in [3.63, 3.8) is 0 Å². The molecule has 106 valence electrons. The minimum atomic E-state index is -2.23. The van der Waals surface area contributed by atoms with E-state index in [4.69, 9.17) is 9.47 Å². The molecule has 0 bridgehead atoms. The SMILES string of the molecule is COc1c[c]([Sn]([CH3])([CH3])[CH3])c(OC)cc1-c1ccccc1. The van der Waals surface area contributed by atoms with Gasteiger partial charge in [0.05, 0.1) is 0 Å². The average Bonchev–Trinajstić information content (AvgIpc) is 2.45. The summed E-state index contributed by atoms with van der Waals surface area (Å²) in [5, 5.41) is 0. The second-order valence-corrected chi connectivity index (χ2v) is 20.2. The third-order valence-electron chi connectivity index (χ3n) is 3.41. The van der Waals surface area contributed by atoms with Crippen LogP contribution in [-0.4, -0.2) is 32.6 Å². The molecular formula is C17H22O2Sn. The fourth-order valence-electron chi connectivity index (χ4n) is 2.33. The van der Waals surface area contributed by atoms with Gasteiger partial charge in [-0.1, -0.05) is 0 Å². The Morgan fingerprint density at radius 2 is 1.40 bits per heavy atom. The van der Waals surface area contributed by atoms with Crippen molar-refractivity contribution in [2.24, 2.45) is 0 Å². The maximum absolute atomic E-state index is 5.63. The molecule has 0 saturated carbocycles. The molecule has 0 unspecified atom stereocenters. The zero-order chi connectivity index (χ0) is 14.8. The molecular weight excluding hydrogens is 355 g/mol. The predicted octanol–water partition coefficient (Wildman–Crippen LogP) is 3.92. The molecule has 0 aliphatic rings. The monoisotopic (exact) mass is 378 g/mol. The third-order valence-corrected chi connectivity index (χ3v) is 9.14. The van der Waals surface area contributed by atoms with Gasteiger partial charge in [0.1, 0.15) is 0 Å². The standard InChI is InChI=1S/C14H13O2.3CH3.Sn/c1-15-12-8-9-14(16-2)13(10-12)11-6-4-3-5-7-11;;;;/h3-7,9-10H,1-2H3;3*1H3;. The Balaban J connectivity index is 2.65. The predicted molar refractivity (Wildman–Crippen MR) is 88.0 cm³/mol. The summed E-state index contributed by atoms with van der Waals surface area (Å²) in [6.07, 6.45) is 0. The molecule has 2 nitrogen and oxygen atoms in total. The summed E-state index contributed by atoms with van der Waals surface area (Å²) in [5.74, 6) is 1.92. The van der Waals surface area contributed by atoms with Gasteiger partial charge in [0.2, 0.25) is 0 Å². The summed E-state index contributed by atoms with van der Waals surface area (Å²) in [4.78, 5) is 7.15. The van der Waals surface area contributed by atoms with Crippen molar-refractivity contribution in [2.45, 2.75) is 14.8 Å². The molecule has 2 aromatic rings. The van der Waals surface area contributed by atoms with Crippen molar-refractivity contribution < 1.29 is 9.47 Å². The van der Waals surface area contributed by atoms with Crippen LogP contribution in [0.3, 0.4) is 0 Å². The first-order valence-corrected chi connectivity index (χ1v) is 16.8. The van der Waals surface area contributed by atoms with Crippen molar-refractivity contribution in [3.05, 3.63) is 42.5 Å². The van der Waals surface area contributed by atoms with E-state index in [-0.39, 0.29) is 0 Å². The number of benzene rings is 2. The molecule has 0 fully saturated rings. The van der Waals surface area contributed by atoms with Crippen LogP contribution in [0.15, 0.2) is 42.5 Å². The summed E-state index contributed by atoms with van der Waals surface area (Å²) < 4.78 is 12.6. The Labute approximate surface area is 125 Å². The molecule has 2 rings (SSSR count). The van der Waals surface area contributed by atoms with E-state index in [1.54, 1.807) is 14.2 Å². The van der Waals surface area contributed by atoms with Crippen molar-refractivity contribution in [2.75, 3.05) is 14.2 Å². The van der Waals surface area contributed by atoms with Crippen LogP contribution < -0.4 is 13.1 Å².